The zero-order valence-corrected chi connectivity index (χ0v) is 15.5. The Hall–Kier alpha value is -2.24. The van der Waals surface area contributed by atoms with Gasteiger partial charge in [0.1, 0.15) is 5.82 Å². The van der Waals surface area contributed by atoms with Crippen molar-refractivity contribution in [3.63, 3.8) is 0 Å². The number of nitrogens with zero attached hydrogens (tertiary/aromatic N) is 1. The molecule has 27 heavy (non-hydrogen) atoms. The highest BCUT2D eigenvalue weighted by molar-refractivity contribution is 5.77. The molecular formula is C22H27FN2O2. The Bertz CT molecular complexity index is 738. The van der Waals surface area contributed by atoms with Gasteiger partial charge in [-0.15, -0.1) is 0 Å². The molecule has 3 rings (SSSR count). The third-order valence-corrected chi connectivity index (χ3v) is 5.00. The summed E-state index contributed by atoms with van der Waals surface area (Å²) in [4.78, 5) is 14.6. The molecule has 1 aliphatic heterocycles. The maximum atomic E-state index is 13.8. The summed E-state index contributed by atoms with van der Waals surface area (Å²) in [6, 6.07) is 16.3. The van der Waals surface area contributed by atoms with Gasteiger partial charge in [0.15, 0.2) is 0 Å². The molecule has 1 amide bonds. The number of carbonyl (C=O) groups is 1. The maximum absolute atomic E-state index is 13.8. The Labute approximate surface area is 160 Å². The maximum Gasteiger partial charge on any atom is 0.224 e. The van der Waals surface area contributed by atoms with Crippen molar-refractivity contribution >= 4 is 5.91 Å². The minimum absolute atomic E-state index is 0.0321. The third kappa shape index (κ3) is 5.62. The van der Waals surface area contributed by atoms with Crippen molar-refractivity contribution in [2.24, 2.45) is 5.73 Å². The van der Waals surface area contributed by atoms with Crippen LogP contribution in [-0.2, 0) is 22.6 Å². The Morgan fingerprint density at radius 1 is 1.19 bits per heavy atom. The molecule has 0 aliphatic carbocycles. The number of nitrogens with two attached hydrogens (primary N) is 1. The van der Waals surface area contributed by atoms with Gasteiger partial charge in [0.2, 0.25) is 5.91 Å². The van der Waals surface area contributed by atoms with Gasteiger partial charge in [0, 0.05) is 19.0 Å². The highest BCUT2D eigenvalue weighted by Crippen LogP contribution is 2.20. The van der Waals surface area contributed by atoms with Crippen LogP contribution in [0.3, 0.4) is 0 Å². The van der Waals surface area contributed by atoms with Crippen LogP contribution < -0.4 is 5.73 Å². The summed E-state index contributed by atoms with van der Waals surface area (Å²) in [7, 11) is 0. The zero-order chi connectivity index (χ0) is 19.1. The monoisotopic (exact) mass is 370 g/mol. The van der Waals surface area contributed by atoms with Gasteiger partial charge < -0.3 is 15.4 Å². The second-order valence-corrected chi connectivity index (χ2v) is 7.14. The van der Waals surface area contributed by atoms with Crippen LogP contribution in [0.15, 0.2) is 54.6 Å². The number of hydrogen-bond acceptors (Lipinski definition) is 3. The minimum atomic E-state index is -0.388. The van der Waals surface area contributed by atoms with E-state index in [1.807, 2.05) is 35.2 Å². The van der Waals surface area contributed by atoms with Crippen molar-refractivity contribution in [1.82, 2.24) is 4.90 Å². The van der Waals surface area contributed by atoms with Crippen molar-refractivity contribution in [3.05, 3.63) is 71.5 Å². The van der Waals surface area contributed by atoms with Gasteiger partial charge in [-0.05, 0) is 36.5 Å². The Morgan fingerprint density at radius 2 is 1.93 bits per heavy atom. The standard InChI is InChI=1S/C22H27FN2O2/c23-21-11-5-4-9-18(21)13-19(24)14-22(26)25-12-6-10-20(25)16-27-15-17-7-2-1-3-8-17/h1-5,7-9,11,19-20H,6,10,12-16,24H2/t19?,20-/m0/s1. The van der Waals surface area contributed by atoms with Crippen LogP contribution in [0.2, 0.25) is 0 Å². The molecular weight excluding hydrogens is 343 g/mol. The number of carbonyl (C=O) groups excluding carboxylic acids is 1. The molecule has 0 aromatic heterocycles. The quantitative estimate of drug-likeness (QED) is 0.776. The van der Waals surface area contributed by atoms with E-state index in [0.29, 0.717) is 25.2 Å². The van der Waals surface area contributed by atoms with E-state index in [4.69, 9.17) is 10.5 Å². The Morgan fingerprint density at radius 3 is 2.70 bits per heavy atom. The van der Waals surface area contributed by atoms with Crippen LogP contribution in [0.4, 0.5) is 4.39 Å². The lowest BCUT2D eigenvalue weighted by molar-refractivity contribution is -0.133. The fourth-order valence-electron chi connectivity index (χ4n) is 3.58. The molecule has 144 valence electrons. The normalized spacial score (nSPS) is 17.9. The van der Waals surface area contributed by atoms with E-state index in [-0.39, 0.29) is 30.2 Å². The van der Waals surface area contributed by atoms with Gasteiger partial charge in [-0.1, -0.05) is 48.5 Å². The molecule has 0 bridgehead atoms. The molecule has 1 saturated heterocycles. The van der Waals surface area contributed by atoms with Crippen LogP contribution in [0.5, 0.6) is 0 Å². The average molecular weight is 370 g/mol. The largest absolute Gasteiger partial charge is 0.375 e. The molecule has 0 saturated carbocycles. The van der Waals surface area contributed by atoms with Gasteiger partial charge in [-0.2, -0.15) is 0 Å². The lowest BCUT2D eigenvalue weighted by Crippen LogP contribution is -2.41. The second-order valence-electron chi connectivity index (χ2n) is 7.14. The van der Waals surface area contributed by atoms with Gasteiger partial charge in [0.05, 0.1) is 19.3 Å². The highest BCUT2D eigenvalue weighted by atomic mass is 19.1. The number of rotatable bonds is 8. The molecule has 2 N–H and O–H groups in total. The van der Waals surface area contributed by atoms with E-state index >= 15 is 0 Å². The predicted octanol–water partition coefficient (Wildman–Crippen LogP) is 3.29. The first kappa shape index (κ1) is 19.5. The van der Waals surface area contributed by atoms with Crippen molar-refractivity contribution in [2.45, 2.75) is 44.4 Å². The van der Waals surface area contributed by atoms with Crippen molar-refractivity contribution < 1.29 is 13.9 Å². The second kappa shape index (κ2) is 9.62. The van der Waals surface area contributed by atoms with Gasteiger partial charge in [-0.3, -0.25) is 4.79 Å². The van der Waals surface area contributed by atoms with Crippen molar-refractivity contribution in [3.8, 4) is 0 Å². The number of ether oxygens (including phenoxy) is 1. The van der Waals surface area contributed by atoms with Crippen molar-refractivity contribution in [2.75, 3.05) is 13.2 Å². The first-order chi connectivity index (χ1) is 13.1. The fourth-order valence-corrected chi connectivity index (χ4v) is 3.58. The number of benzene rings is 2. The lowest BCUT2D eigenvalue weighted by Gasteiger charge is -2.26. The number of likely N-dealkylation sites (tertiary alicyclic amines) is 1. The lowest BCUT2D eigenvalue weighted by atomic mass is 10.0. The first-order valence-corrected chi connectivity index (χ1v) is 9.53. The molecule has 5 heteroatoms. The topological polar surface area (TPSA) is 55.6 Å². The van der Waals surface area contributed by atoms with Crippen LogP contribution in [-0.4, -0.2) is 36.0 Å². The van der Waals surface area contributed by atoms with E-state index in [1.165, 1.54) is 6.07 Å². The molecule has 1 unspecified atom stereocenters. The van der Waals surface area contributed by atoms with Crippen LogP contribution >= 0.6 is 0 Å². The van der Waals surface area contributed by atoms with Gasteiger partial charge >= 0.3 is 0 Å². The average Bonchev–Trinajstić information content (AvgIpc) is 3.13. The number of halogens is 1. The molecule has 2 aromatic rings. The predicted molar refractivity (Wildman–Crippen MR) is 104 cm³/mol. The van der Waals surface area contributed by atoms with E-state index in [1.54, 1.807) is 18.2 Å². The highest BCUT2D eigenvalue weighted by Gasteiger charge is 2.29. The zero-order valence-electron chi connectivity index (χ0n) is 15.5. The molecule has 1 aliphatic rings. The molecule has 2 aromatic carbocycles. The van der Waals surface area contributed by atoms with Crippen LogP contribution in [0, 0.1) is 5.82 Å². The van der Waals surface area contributed by atoms with Gasteiger partial charge in [0.25, 0.3) is 0 Å². The summed E-state index contributed by atoms with van der Waals surface area (Å²) < 4.78 is 19.6. The summed E-state index contributed by atoms with van der Waals surface area (Å²) >= 11 is 0. The molecule has 1 heterocycles. The van der Waals surface area contributed by atoms with E-state index in [0.717, 1.165) is 24.9 Å². The Kier molecular flexibility index (Phi) is 6.96. The smallest absolute Gasteiger partial charge is 0.224 e. The molecule has 1 fully saturated rings. The molecule has 2 atom stereocenters. The first-order valence-electron chi connectivity index (χ1n) is 9.53. The van der Waals surface area contributed by atoms with E-state index in [2.05, 4.69) is 0 Å². The van der Waals surface area contributed by atoms with Crippen molar-refractivity contribution in [1.29, 1.82) is 0 Å². The third-order valence-electron chi connectivity index (χ3n) is 5.00. The van der Waals surface area contributed by atoms with E-state index < -0.39 is 0 Å². The summed E-state index contributed by atoms with van der Waals surface area (Å²) in [5, 5.41) is 0. The molecule has 0 spiro atoms. The summed E-state index contributed by atoms with van der Waals surface area (Å²) in [6.07, 6.45) is 2.52. The SMILES string of the molecule is NC(CC(=O)N1CCC[C@H]1COCc1ccccc1)Cc1ccccc1F. The number of amides is 1. The van der Waals surface area contributed by atoms with Crippen LogP contribution in [0.1, 0.15) is 30.4 Å². The fraction of sp³-hybridized carbons (Fsp3) is 0.409. The summed E-state index contributed by atoms with van der Waals surface area (Å²) in [5.74, 6) is -0.238. The molecule has 0 radical (unpaired) electrons. The minimum Gasteiger partial charge on any atom is -0.375 e. The Balaban J connectivity index is 1.47. The number of hydrogen-bond donors (Lipinski definition) is 1. The summed E-state index contributed by atoms with van der Waals surface area (Å²) in [6.45, 7) is 1.82. The van der Waals surface area contributed by atoms with Gasteiger partial charge in [-0.25, -0.2) is 4.39 Å². The molecule has 4 nitrogen and oxygen atoms in total. The van der Waals surface area contributed by atoms with Crippen LogP contribution in [0.25, 0.3) is 0 Å². The van der Waals surface area contributed by atoms with E-state index in [9.17, 15) is 9.18 Å². The summed E-state index contributed by atoms with van der Waals surface area (Å²) in [5.41, 5.74) is 7.80.